The lowest BCUT2D eigenvalue weighted by Gasteiger charge is -2.37. The van der Waals surface area contributed by atoms with Crippen LogP contribution in [0.3, 0.4) is 0 Å². The number of allylic oxidation sites excluding steroid dienone is 2. The predicted octanol–water partition coefficient (Wildman–Crippen LogP) is 5.73. The van der Waals surface area contributed by atoms with Crippen LogP contribution in [-0.4, -0.2) is 4.92 Å². The van der Waals surface area contributed by atoms with E-state index in [1.54, 1.807) is 0 Å². The van der Waals surface area contributed by atoms with E-state index in [4.69, 9.17) is 23.2 Å². The Hall–Kier alpha value is -2.04. The highest BCUT2D eigenvalue weighted by atomic mass is 35.5. The van der Waals surface area contributed by atoms with Gasteiger partial charge in [-0.25, -0.2) is 0 Å². The third kappa shape index (κ3) is 2.46. The van der Waals surface area contributed by atoms with Gasteiger partial charge in [0.05, 0.1) is 11.0 Å². The second kappa shape index (κ2) is 5.80. The van der Waals surface area contributed by atoms with Gasteiger partial charge in [0.2, 0.25) is 0 Å². The first kappa shape index (κ1) is 15.5. The second-order valence-corrected chi connectivity index (χ2v) is 7.05. The summed E-state index contributed by atoms with van der Waals surface area (Å²) in [7, 11) is 0. The van der Waals surface area contributed by atoms with Crippen molar-refractivity contribution >= 4 is 34.6 Å². The summed E-state index contributed by atoms with van der Waals surface area (Å²) in [6.45, 7) is 0. The molecular weight excluding hydrogens is 347 g/mol. The highest BCUT2D eigenvalue weighted by Crippen LogP contribution is 2.52. The number of benzene rings is 2. The summed E-state index contributed by atoms with van der Waals surface area (Å²) in [5.74, 6) is 0.400. The molecule has 0 aromatic heterocycles. The third-order valence-corrected chi connectivity index (χ3v) is 5.27. The zero-order valence-electron chi connectivity index (χ0n) is 12.6. The average Bonchev–Trinajstić information content (AvgIpc) is 3.03. The molecule has 6 heteroatoms. The maximum atomic E-state index is 11.5. The van der Waals surface area contributed by atoms with Gasteiger partial charge < -0.3 is 5.32 Å². The van der Waals surface area contributed by atoms with Crippen LogP contribution in [0.2, 0.25) is 10.0 Å². The molecule has 1 N–H and O–H groups in total. The molecule has 1 heterocycles. The lowest BCUT2D eigenvalue weighted by atomic mass is 9.77. The van der Waals surface area contributed by atoms with Gasteiger partial charge in [0.25, 0.3) is 5.69 Å². The number of hydrogen-bond donors (Lipinski definition) is 1. The highest BCUT2D eigenvalue weighted by Gasteiger charge is 2.40. The fourth-order valence-electron chi connectivity index (χ4n) is 3.82. The second-order valence-electron chi connectivity index (χ2n) is 6.18. The zero-order valence-corrected chi connectivity index (χ0v) is 14.1. The van der Waals surface area contributed by atoms with Crippen LogP contribution in [0.5, 0.6) is 0 Å². The Bertz CT molecular complexity index is 866. The van der Waals surface area contributed by atoms with Crippen molar-refractivity contribution in [1.29, 1.82) is 0 Å². The topological polar surface area (TPSA) is 55.2 Å². The van der Waals surface area contributed by atoms with Crippen molar-refractivity contribution in [3.63, 3.8) is 0 Å². The first-order valence-electron chi connectivity index (χ1n) is 7.71. The van der Waals surface area contributed by atoms with E-state index in [0.29, 0.717) is 15.7 Å². The summed E-state index contributed by atoms with van der Waals surface area (Å²) in [5.41, 5.74) is 2.51. The lowest BCUT2D eigenvalue weighted by Crippen LogP contribution is -2.29. The first-order chi connectivity index (χ1) is 11.5. The summed E-state index contributed by atoms with van der Waals surface area (Å²) in [4.78, 5) is 11.1. The van der Waals surface area contributed by atoms with E-state index in [1.807, 2.05) is 30.3 Å². The van der Waals surface area contributed by atoms with E-state index in [9.17, 15) is 10.1 Å². The Morgan fingerprint density at radius 3 is 2.75 bits per heavy atom. The van der Waals surface area contributed by atoms with E-state index in [1.165, 1.54) is 6.07 Å². The summed E-state index contributed by atoms with van der Waals surface area (Å²) in [6, 6.07) is 10.9. The number of nitrogens with zero attached hydrogens (tertiary/aromatic N) is 1. The Morgan fingerprint density at radius 2 is 2.00 bits per heavy atom. The van der Waals surface area contributed by atoms with E-state index in [2.05, 4.69) is 17.5 Å². The normalized spacial score (nSPS) is 24.2. The molecule has 2 aromatic rings. The average molecular weight is 361 g/mol. The Kier molecular flexibility index (Phi) is 3.74. The minimum atomic E-state index is -0.383. The summed E-state index contributed by atoms with van der Waals surface area (Å²) < 4.78 is 0. The molecular formula is C18H14Cl2N2O2. The number of halogens is 2. The molecule has 3 atom stereocenters. The van der Waals surface area contributed by atoms with Crippen LogP contribution in [-0.2, 0) is 0 Å². The molecule has 0 saturated heterocycles. The smallest absolute Gasteiger partial charge is 0.294 e. The van der Waals surface area contributed by atoms with Gasteiger partial charge in [-0.15, -0.1) is 0 Å². The molecule has 0 amide bonds. The largest absolute Gasteiger partial charge is 0.372 e. The van der Waals surface area contributed by atoms with E-state index < -0.39 is 0 Å². The zero-order chi connectivity index (χ0) is 16.8. The van der Waals surface area contributed by atoms with Gasteiger partial charge >= 0.3 is 0 Å². The number of fused-ring (bicyclic) bond motifs is 3. The van der Waals surface area contributed by atoms with Gasteiger partial charge in [0, 0.05) is 22.0 Å². The molecule has 4 nitrogen and oxygen atoms in total. The monoisotopic (exact) mass is 360 g/mol. The van der Waals surface area contributed by atoms with Gasteiger partial charge in [-0.2, -0.15) is 0 Å². The molecule has 0 fully saturated rings. The molecule has 24 heavy (non-hydrogen) atoms. The quantitative estimate of drug-likeness (QED) is 0.422. The first-order valence-corrected chi connectivity index (χ1v) is 8.46. The van der Waals surface area contributed by atoms with Crippen molar-refractivity contribution in [2.24, 2.45) is 5.92 Å². The van der Waals surface area contributed by atoms with Crippen LogP contribution in [0.25, 0.3) is 0 Å². The van der Waals surface area contributed by atoms with E-state index in [-0.39, 0.29) is 28.5 Å². The molecule has 4 rings (SSSR count). The predicted molar refractivity (Wildman–Crippen MR) is 95.9 cm³/mol. The summed E-state index contributed by atoms with van der Waals surface area (Å²) >= 11 is 12.3. The maximum absolute atomic E-state index is 11.5. The van der Waals surface area contributed by atoms with Crippen molar-refractivity contribution in [2.45, 2.75) is 18.4 Å². The van der Waals surface area contributed by atoms with Crippen LogP contribution in [0, 0.1) is 16.0 Å². The Labute approximate surface area is 149 Å². The van der Waals surface area contributed by atoms with Crippen LogP contribution < -0.4 is 5.32 Å². The van der Waals surface area contributed by atoms with Crippen molar-refractivity contribution < 1.29 is 4.92 Å². The van der Waals surface area contributed by atoms with Crippen LogP contribution in [0.15, 0.2) is 48.6 Å². The number of hydrogen-bond acceptors (Lipinski definition) is 3. The number of nitro groups is 1. The minimum absolute atomic E-state index is 0.0169. The fourth-order valence-corrected chi connectivity index (χ4v) is 4.24. The summed E-state index contributed by atoms with van der Waals surface area (Å²) in [5, 5.41) is 15.9. The number of nitrogens with one attached hydrogen (secondary N) is 1. The van der Waals surface area contributed by atoms with Crippen LogP contribution >= 0.6 is 23.2 Å². The van der Waals surface area contributed by atoms with Crippen molar-refractivity contribution in [2.75, 3.05) is 5.32 Å². The third-order valence-electron chi connectivity index (χ3n) is 4.82. The highest BCUT2D eigenvalue weighted by molar-refractivity contribution is 6.31. The van der Waals surface area contributed by atoms with Crippen molar-refractivity contribution in [1.82, 2.24) is 0 Å². The van der Waals surface area contributed by atoms with Crippen molar-refractivity contribution in [3.05, 3.63) is 79.8 Å². The molecule has 0 saturated carbocycles. The van der Waals surface area contributed by atoms with Crippen LogP contribution in [0.4, 0.5) is 11.4 Å². The molecule has 2 aromatic carbocycles. The minimum Gasteiger partial charge on any atom is -0.372 e. The molecule has 1 aliphatic carbocycles. The number of rotatable bonds is 2. The molecule has 2 aliphatic rings. The Balaban J connectivity index is 1.87. The van der Waals surface area contributed by atoms with Crippen LogP contribution in [0.1, 0.15) is 29.5 Å². The SMILES string of the molecule is O=[N+]([O-])c1cc(Cl)cc2c1N[C@H](c1cccc(Cl)c1)C1CC=CC21. The van der Waals surface area contributed by atoms with Gasteiger partial charge in [-0.1, -0.05) is 47.5 Å². The Morgan fingerprint density at radius 1 is 1.17 bits per heavy atom. The van der Waals surface area contributed by atoms with Gasteiger partial charge in [0.15, 0.2) is 0 Å². The van der Waals surface area contributed by atoms with Gasteiger partial charge in [-0.3, -0.25) is 10.1 Å². The molecule has 0 bridgehead atoms. The summed E-state index contributed by atoms with van der Waals surface area (Å²) in [6.07, 6.45) is 5.17. The standard InChI is InChI=1S/C18H14Cl2N2O2/c19-11-4-1-3-10(7-11)17-14-6-2-5-13(14)15-8-12(20)9-16(22(23)24)18(15)21-17/h1-5,7-9,13-14,17,21H,6H2/t13?,14?,17-/m1/s1. The molecule has 2 unspecified atom stereocenters. The fraction of sp³-hybridized carbons (Fsp3) is 0.222. The van der Waals surface area contributed by atoms with Gasteiger partial charge in [0.1, 0.15) is 5.69 Å². The van der Waals surface area contributed by atoms with E-state index >= 15 is 0 Å². The molecule has 0 radical (unpaired) electrons. The molecule has 0 spiro atoms. The maximum Gasteiger partial charge on any atom is 0.294 e. The number of nitro benzene ring substituents is 1. The molecule has 1 aliphatic heterocycles. The van der Waals surface area contributed by atoms with Crippen molar-refractivity contribution in [3.8, 4) is 0 Å². The number of anilines is 1. The lowest BCUT2D eigenvalue weighted by molar-refractivity contribution is -0.384. The van der Waals surface area contributed by atoms with Gasteiger partial charge in [-0.05, 0) is 41.7 Å². The molecule has 122 valence electrons. The van der Waals surface area contributed by atoms with E-state index in [0.717, 1.165) is 17.5 Å².